The van der Waals surface area contributed by atoms with E-state index in [1.807, 2.05) is 36.3 Å². The fourth-order valence-electron chi connectivity index (χ4n) is 1.24. The Hall–Kier alpha value is -1.22. The van der Waals surface area contributed by atoms with Gasteiger partial charge in [-0.05, 0) is 24.3 Å². The second-order valence-corrected chi connectivity index (χ2v) is 3.58. The number of ether oxygens (including phenoxy) is 1. The van der Waals surface area contributed by atoms with Gasteiger partial charge in [0.1, 0.15) is 6.61 Å². The molecule has 0 amide bonds. The van der Waals surface area contributed by atoms with Gasteiger partial charge in [-0.2, -0.15) is 0 Å². The van der Waals surface area contributed by atoms with E-state index in [0.29, 0.717) is 12.5 Å². The molecule has 0 saturated heterocycles. The van der Waals surface area contributed by atoms with Gasteiger partial charge in [0.05, 0.1) is 6.54 Å². The maximum absolute atomic E-state index is 5.79. The second-order valence-electron chi connectivity index (χ2n) is 3.14. The number of hydrogen-bond acceptors (Lipinski definition) is 3. The Morgan fingerprint density at radius 1 is 1.36 bits per heavy atom. The minimum Gasteiger partial charge on any atom is -0.474 e. The van der Waals surface area contributed by atoms with Crippen LogP contribution in [0.5, 0.6) is 0 Å². The highest BCUT2D eigenvalue weighted by atomic mass is 35.5. The van der Waals surface area contributed by atoms with Crippen LogP contribution in [0.3, 0.4) is 0 Å². The van der Waals surface area contributed by atoms with Crippen molar-refractivity contribution < 1.29 is 4.74 Å². The number of hydrogen-bond donors (Lipinski definition) is 0. The molecule has 74 valence electrons. The lowest BCUT2D eigenvalue weighted by Crippen LogP contribution is -2.28. The van der Waals surface area contributed by atoms with Gasteiger partial charge in [0, 0.05) is 17.6 Å². The third-order valence-electron chi connectivity index (χ3n) is 2.01. The van der Waals surface area contributed by atoms with E-state index < -0.39 is 0 Å². The first-order valence-corrected chi connectivity index (χ1v) is 4.82. The number of benzene rings is 1. The summed E-state index contributed by atoms with van der Waals surface area (Å²) in [5.74, 6) is 0.662. The lowest BCUT2D eigenvalue weighted by atomic mass is 10.2. The number of hydrazone groups is 1. The highest BCUT2D eigenvalue weighted by molar-refractivity contribution is 6.30. The van der Waals surface area contributed by atoms with Crippen molar-refractivity contribution in [1.82, 2.24) is 5.01 Å². The van der Waals surface area contributed by atoms with Gasteiger partial charge < -0.3 is 4.74 Å². The Bertz CT molecular complexity index is 348. The predicted molar refractivity (Wildman–Crippen MR) is 56.6 cm³/mol. The van der Waals surface area contributed by atoms with Crippen molar-refractivity contribution in [3.8, 4) is 0 Å². The van der Waals surface area contributed by atoms with Crippen LogP contribution in [-0.2, 0) is 4.74 Å². The molecule has 0 spiro atoms. The topological polar surface area (TPSA) is 24.8 Å². The van der Waals surface area contributed by atoms with Gasteiger partial charge >= 0.3 is 0 Å². The van der Waals surface area contributed by atoms with Crippen molar-refractivity contribution >= 4 is 17.5 Å². The molecule has 0 fully saturated rings. The van der Waals surface area contributed by atoms with Gasteiger partial charge in [0.2, 0.25) is 5.90 Å². The summed E-state index contributed by atoms with van der Waals surface area (Å²) in [6, 6.07) is 7.47. The molecule has 1 aliphatic rings. The molecule has 2 rings (SSSR count). The summed E-state index contributed by atoms with van der Waals surface area (Å²) in [5.41, 5.74) is 0.959. The average Bonchev–Trinajstić information content (AvgIpc) is 2.19. The normalized spacial score (nSPS) is 16.1. The summed E-state index contributed by atoms with van der Waals surface area (Å²) >= 11 is 5.79. The van der Waals surface area contributed by atoms with Crippen molar-refractivity contribution in [2.75, 3.05) is 20.2 Å². The maximum Gasteiger partial charge on any atom is 0.238 e. The molecule has 1 aromatic rings. The van der Waals surface area contributed by atoms with Crippen LogP contribution >= 0.6 is 11.6 Å². The quantitative estimate of drug-likeness (QED) is 0.708. The zero-order valence-electron chi connectivity index (χ0n) is 7.90. The minimum absolute atomic E-state index is 0.662. The van der Waals surface area contributed by atoms with Crippen molar-refractivity contribution in [2.45, 2.75) is 0 Å². The zero-order chi connectivity index (χ0) is 9.97. The molecule has 0 aromatic heterocycles. The lowest BCUT2D eigenvalue weighted by Gasteiger charge is -2.21. The highest BCUT2D eigenvalue weighted by Crippen LogP contribution is 2.12. The Balaban J connectivity index is 2.26. The second kappa shape index (κ2) is 3.88. The number of nitrogens with zero attached hydrogens (tertiary/aromatic N) is 2. The Labute approximate surface area is 87.9 Å². The van der Waals surface area contributed by atoms with E-state index >= 15 is 0 Å². The number of rotatable bonds is 1. The fourth-order valence-corrected chi connectivity index (χ4v) is 1.37. The number of likely N-dealkylation sites (N-methyl/N-ethyl adjacent to an activating group) is 1. The van der Waals surface area contributed by atoms with E-state index in [0.717, 1.165) is 17.1 Å². The third kappa shape index (κ3) is 1.99. The summed E-state index contributed by atoms with van der Waals surface area (Å²) in [5, 5.41) is 6.86. The monoisotopic (exact) mass is 210 g/mol. The summed E-state index contributed by atoms with van der Waals surface area (Å²) in [4.78, 5) is 0. The van der Waals surface area contributed by atoms with Crippen LogP contribution < -0.4 is 0 Å². The predicted octanol–water partition coefficient (Wildman–Crippen LogP) is 1.96. The first-order valence-electron chi connectivity index (χ1n) is 4.44. The van der Waals surface area contributed by atoms with Crippen LogP contribution in [0.4, 0.5) is 0 Å². The van der Waals surface area contributed by atoms with E-state index in [-0.39, 0.29) is 0 Å². The van der Waals surface area contributed by atoms with Crippen LogP contribution in [0.1, 0.15) is 5.56 Å². The molecule has 1 aromatic carbocycles. The van der Waals surface area contributed by atoms with E-state index in [4.69, 9.17) is 16.3 Å². The van der Waals surface area contributed by atoms with Gasteiger partial charge in [-0.3, -0.25) is 5.01 Å². The van der Waals surface area contributed by atoms with Gasteiger partial charge in [-0.1, -0.05) is 11.6 Å². The molecule has 1 aliphatic heterocycles. The molecule has 0 atom stereocenters. The first-order chi connectivity index (χ1) is 6.75. The van der Waals surface area contributed by atoms with Gasteiger partial charge in [-0.25, -0.2) is 0 Å². The minimum atomic E-state index is 0.662. The number of halogens is 1. The van der Waals surface area contributed by atoms with Crippen LogP contribution in [0.25, 0.3) is 0 Å². The van der Waals surface area contributed by atoms with E-state index in [1.165, 1.54) is 0 Å². The van der Waals surface area contributed by atoms with Gasteiger partial charge in [0.15, 0.2) is 0 Å². The smallest absolute Gasteiger partial charge is 0.238 e. The Morgan fingerprint density at radius 3 is 2.71 bits per heavy atom. The molecule has 4 heteroatoms. The van der Waals surface area contributed by atoms with E-state index in [1.54, 1.807) is 0 Å². The molecule has 0 bridgehead atoms. The molecule has 0 N–H and O–H groups in total. The summed E-state index contributed by atoms with van der Waals surface area (Å²) in [6.07, 6.45) is 0. The molecular formula is C10H11ClN2O. The van der Waals surface area contributed by atoms with Crippen LogP contribution in [-0.4, -0.2) is 31.1 Å². The Morgan fingerprint density at radius 2 is 2.07 bits per heavy atom. The largest absolute Gasteiger partial charge is 0.474 e. The molecule has 14 heavy (non-hydrogen) atoms. The van der Waals surface area contributed by atoms with Crippen molar-refractivity contribution in [2.24, 2.45) is 5.10 Å². The maximum atomic E-state index is 5.79. The van der Waals surface area contributed by atoms with Crippen LogP contribution in [0.15, 0.2) is 29.4 Å². The average molecular weight is 211 g/mol. The van der Waals surface area contributed by atoms with Crippen LogP contribution in [0.2, 0.25) is 5.02 Å². The fraction of sp³-hybridized carbons (Fsp3) is 0.300. The van der Waals surface area contributed by atoms with E-state index in [2.05, 4.69) is 5.10 Å². The molecule has 0 unspecified atom stereocenters. The van der Waals surface area contributed by atoms with Crippen molar-refractivity contribution in [3.05, 3.63) is 34.9 Å². The summed E-state index contributed by atoms with van der Waals surface area (Å²) < 4.78 is 5.44. The third-order valence-corrected chi connectivity index (χ3v) is 2.26. The highest BCUT2D eigenvalue weighted by Gasteiger charge is 2.11. The molecule has 3 nitrogen and oxygen atoms in total. The Kier molecular flexibility index (Phi) is 2.59. The van der Waals surface area contributed by atoms with Crippen molar-refractivity contribution in [3.63, 3.8) is 0 Å². The molecule has 1 heterocycles. The van der Waals surface area contributed by atoms with E-state index in [9.17, 15) is 0 Å². The molecule has 0 radical (unpaired) electrons. The molecule has 0 aliphatic carbocycles. The standard InChI is InChI=1S/C10H11ClN2O/c1-13-6-7-14-10(12-13)8-2-4-9(11)5-3-8/h2-5H,6-7H2,1H3. The van der Waals surface area contributed by atoms with Gasteiger partial charge in [-0.15, -0.1) is 5.10 Å². The first kappa shape index (κ1) is 9.34. The zero-order valence-corrected chi connectivity index (χ0v) is 8.66. The molecule has 0 saturated carbocycles. The summed E-state index contributed by atoms with van der Waals surface area (Å²) in [7, 11) is 1.93. The van der Waals surface area contributed by atoms with Crippen LogP contribution in [0, 0.1) is 0 Å². The van der Waals surface area contributed by atoms with Crippen molar-refractivity contribution in [1.29, 1.82) is 0 Å². The summed E-state index contributed by atoms with van der Waals surface area (Å²) in [6.45, 7) is 1.51. The van der Waals surface area contributed by atoms with Gasteiger partial charge in [0.25, 0.3) is 0 Å². The SMILES string of the molecule is CN1CCOC(c2ccc(Cl)cc2)=N1. The lowest BCUT2D eigenvalue weighted by molar-refractivity contribution is 0.192. The molecular weight excluding hydrogens is 200 g/mol.